The van der Waals surface area contributed by atoms with Crippen LogP contribution in [-0.2, 0) is 11.2 Å². The molecule has 3 rings (SSSR count). The fourth-order valence-corrected chi connectivity index (χ4v) is 2.83. The third kappa shape index (κ3) is 4.39. The van der Waals surface area contributed by atoms with Gasteiger partial charge in [-0.2, -0.15) is 4.73 Å². The molecule has 0 radical (unpaired) electrons. The Morgan fingerprint density at radius 3 is 2.93 bits per heavy atom. The minimum absolute atomic E-state index is 0.150. The van der Waals surface area contributed by atoms with Gasteiger partial charge in [-0.1, -0.05) is 13.0 Å². The van der Waals surface area contributed by atoms with Gasteiger partial charge >= 0.3 is 6.36 Å². The average Bonchev–Trinajstić information content (AvgIpc) is 2.97. The second kappa shape index (κ2) is 7.29. The van der Waals surface area contributed by atoms with E-state index in [-0.39, 0.29) is 24.1 Å². The second-order valence-electron chi connectivity index (χ2n) is 6.00. The Hall–Kier alpha value is -3.04. The molecule has 0 saturated heterocycles. The standard InChI is InChI=1S/C17H17F3N4O3/c1-2-13-15(24-8-7-23(26)10-14(24)22-13)16(25)21-9-11-3-5-12(6-4-11)27-17(18,19)20/h3,5-8,10-11H,2,4,9H2,1H3,(H,21,25). The van der Waals surface area contributed by atoms with Crippen molar-refractivity contribution in [1.82, 2.24) is 14.7 Å². The van der Waals surface area contributed by atoms with Crippen LogP contribution in [0.15, 0.2) is 42.6 Å². The van der Waals surface area contributed by atoms with Crippen LogP contribution in [0.3, 0.4) is 0 Å². The molecule has 0 bridgehead atoms. The highest BCUT2D eigenvalue weighted by molar-refractivity contribution is 5.94. The van der Waals surface area contributed by atoms with E-state index in [1.165, 1.54) is 35.1 Å². The first-order valence-electron chi connectivity index (χ1n) is 8.29. The number of rotatable bonds is 5. The lowest BCUT2D eigenvalue weighted by molar-refractivity contribution is -0.604. The maximum absolute atomic E-state index is 12.6. The SMILES string of the molecule is CCc1nc2c[n+]([O-])ccn2c1C(=O)NCC1C=CC(OC(F)(F)F)=CC1. The molecule has 0 spiro atoms. The Morgan fingerprint density at radius 2 is 2.30 bits per heavy atom. The Bertz CT molecular complexity index is 918. The van der Waals surface area contributed by atoms with E-state index in [2.05, 4.69) is 15.0 Å². The van der Waals surface area contributed by atoms with E-state index >= 15 is 0 Å². The number of ether oxygens (including phenoxy) is 1. The predicted octanol–water partition coefficient (Wildman–Crippen LogP) is 2.26. The number of carbonyl (C=O) groups excluding carboxylic acids is 1. The van der Waals surface area contributed by atoms with E-state index in [4.69, 9.17) is 0 Å². The first kappa shape index (κ1) is 18.7. The normalized spacial score (nSPS) is 17.0. The smallest absolute Gasteiger partial charge is 0.573 e. The molecule has 1 amide bonds. The van der Waals surface area contributed by atoms with Crippen molar-refractivity contribution in [2.45, 2.75) is 26.1 Å². The molecule has 2 aromatic heterocycles. The van der Waals surface area contributed by atoms with Crippen molar-refractivity contribution in [3.05, 3.63) is 59.2 Å². The highest BCUT2D eigenvalue weighted by Gasteiger charge is 2.32. The number of allylic oxidation sites excluding steroid dienone is 2. The van der Waals surface area contributed by atoms with Gasteiger partial charge in [-0.05, 0) is 30.9 Å². The van der Waals surface area contributed by atoms with Crippen LogP contribution in [-0.4, -0.2) is 28.2 Å². The van der Waals surface area contributed by atoms with Crippen LogP contribution in [0.4, 0.5) is 13.2 Å². The molecule has 144 valence electrons. The van der Waals surface area contributed by atoms with Gasteiger partial charge in [0.15, 0.2) is 6.20 Å². The molecule has 0 aliphatic heterocycles. The minimum atomic E-state index is -4.72. The first-order chi connectivity index (χ1) is 12.8. The Labute approximate surface area is 152 Å². The lowest BCUT2D eigenvalue weighted by atomic mass is 10.00. The number of imidazole rings is 1. The fourth-order valence-electron chi connectivity index (χ4n) is 2.83. The minimum Gasteiger partial charge on any atom is -0.619 e. The van der Waals surface area contributed by atoms with E-state index in [1.54, 1.807) is 6.08 Å². The van der Waals surface area contributed by atoms with Gasteiger partial charge in [0.25, 0.3) is 5.91 Å². The molecule has 1 unspecified atom stereocenters. The number of hydrogen-bond donors (Lipinski definition) is 1. The summed E-state index contributed by atoms with van der Waals surface area (Å²) in [6.45, 7) is 2.09. The average molecular weight is 382 g/mol. The molecule has 2 aromatic rings. The zero-order valence-electron chi connectivity index (χ0n) is 14.4. The summed E-state index contributed by atoms with van der Waals surface area (Å²) in [7, 11) is 0. The maximum atomic E-state index is 12.6. The van der Waals surface area contributed by atoms with Gasteiger partial charge in [0.1, 0.15) is 11.5 Å². The number of amides is 1. The van der Waals surface area contributed by atoms with Crippen LogP contribution in [0.25, 0.3) is 5.65 Å². The van der Waals surface area contributed by atoms with Crippen molar-refractivity contribution >= 4 is 11.6 Å². The van der Waals surface area contributed by atoms with E-state index in [0.717, 1.165) is 0 Å². The maximum Gasteiger partial charge on any atom is 0.573 e. The predicted molar refractivity (Wildman–Crippen MR) is 88.3 cm³/mol. The van der Waals surface area contributed by atoms with Gasteiger partial charge < -0.3 is 15.3 Å². The molecule has 1 aliphatic rings. The van der Waals surface area contributed by atoms with Crippen molar-refractivity contribution in [3.8, 4) is 0 Å². The van der Waals surface area contributed by atoms with Crippen LogP contribution in [0, 0.1) is 11.1 Å². The van der Waals surface area contributed by atoms with Gasteiger partial charge in [0.05, 0.1) is 11.9 Å². The highest BCUT2D eigenvalue weighted by atomic mass is 19.4. The van der Waals surface area contributed by atoms with E-state index in [9.17, 15) is 23.2 Å². The van der Waals surface area contributed by atoms with Crippen LogP contribution >= 0.6 is 0 Å². The molecule has 1 atom stereocenters. The van der Waals surface area contributed by atoms with Crippen LogP contribution in [0.1, 0.15) is 29.5 Å². The van der Waals surface area contributed by atoms with Gasteiger partial charge in [0, 0.05) is 6.54 Å². The second-order valence-corrected chi connectivity index (χ2v) is 6.00. The highest BCUT2D eigenvalue weighted by Crippen LogP contribution is 2.25. The number of nitrogens with zero attached hydrogens (tertiary/aromatic N) is 3. The van der Waals surface area contributed by atoms with Crippen molar-refractivity contribution in [1.29, 1.82) is 0 Å². The van der Waals surface area contributed by atoms with Gasteiger partial charge in [-0.3, -0.25) is 9.20 Å². The molecule has 2 heterocycles. The number of aryl methyl sites for hydroxylation is 1. The summed E-state index contributed by atoms with van der Waals surface area (Å²) in [5.41, 5.74) is 1.26. The van der Waals surface area contributed by atoms with Gasteiger partial charge in [0.2, 0.25) is 11.8 Å². The van der Waals surface area contributed by atoms with E-state index in [0.29, 0.717) is 34.6 Å². The summed E-state index contributed by atoms with van der Waals surface area (Å²) in [6, 6.07) is 0. The summed E-state index contributed by atoms with van der Waals surface area (Å²) in [6.07, 6.45) is 4.24. The molecule has 1 N–H and O–H groups in total. The summed E-state index contributed by atoms with van der Waals surface area (Å²) in [5, 5.41) is 14.1. The number of fused-ring (bicyclic) bond motifs is 1. The fraction of sp³-hybridized carbons (Fsp3) is 0.353. The zero-order valence-corrected chi connectivity index (χ0v) is 14.4. The van der Waals surface area contributed by atoms with Crippen LogP contribution < -0.4 is 10.0 Å². The number of nitrogens with one attached hydrogen (secondary N) is 1. The lowest BCUT2D eigenvalue weighted by Crippen LogP contribution is -2.31. The largest absolute Gasteiger partial charge is 0.619 e. The molecular formula is C17H17F3N4O3. The number of alkyl halides is 3. The van der Waals surface area contributed by atoms with Gasteiger partial charge in [-0.25, -0.2) is 4.98 Å². The number of halogens is 3. The van der Waals surface area contributed by atoms with E-state index in [1.807, 2.05) is 6.92 Å². The molecule has 0 fully saturated rings. The van der Waals surface area contributed by atoms with Crippen molar-refractivity contribution in [2.24, 2.45) is 5.92 Å². The van der Waals surface area contributed by atoms with Crippen molar-refractivity contribution < 1.29 is 27.4 Å². The molecule has 7 nitrogen and oxygen atoms in total. The Balaban J connectivity index is 1.66. The molecule has 0 saturated carbocycles. The topological polar surface area (TPSA) is 82.6 Å². The molecule has 0 aromatic carbocycles. The molecular weight excluding hydrogens is 365 g/mol. The molecule has 27 heavy (non-hydrogen) atoms. The van der Waals surface area contributed by atoms with Crippen LogP contribution in [0.5, 0.6) is 0 Å². The molecule has 10 heteroatoms. The summed E-state index contributed by atoms with van der Waals surface area (Å²) < 4.78 is 42.6. The summed E-state index contributed by atoms with van der Waals surface area (Å²) in [5.74, 6) is -0.772. The summed E-state index contributed by atoms with van der Waals surface area (Å²) in [4.78, 5) is 16.9. The first-order valence-corrected chi connectivity index (χ1v) is 8.29. The summed E-state index contributed by atoms with van der Waals surface area (Å²) >= 11 is 0. The molecule has 1 aliphatic carbocycles. The third-order valence-electron chi connectivity index (χ3n) is 4.08. The number of carbonyl (C=O) groups is 1. The number of aromatic nitrogens is 3. The van der Waals surface area contributed by atoms with Crippen LogP contribution in [0.2, 0.25) is 0 Å². The van der Waals surface area contributed by atoms with Gasteiger partial charge in [-0.15, -0.1) is 13.2 Å². The monoisotopic (exact) mass is 382 g/mol. The van der Waals surface area contributed by atoms with E-state index < -0.39 is 6.36 Å². The third-order valence-corrected chi connectivity index (χ3v) is 4.08. The Morgan fingerprint density at radius 1 is 1.52 bits per heavy atom. The number of hydrogen-bond acceptors (Lipinski definition) is 4. The Kier molecular flexibility index (Phi) is 5.06. The van der Waals surface area contributed by atoms with Crippen molar-refractivity contribution in [2.75, 3.05) is 6.54 Å². The lowest BCUT2D eigenvalue weighted by Gasteiger charge is -2.18. The quantitative estimate of drug-likeness (QED) is 0.635. The van der Waals surface area contributed by atoms with Crippen molar-refractivity contribution in [3.63, 3.8) is 0 Å². The zero-order chi connectivity index (χ0) is 19.6.